The van der Waals surface area contributed by atoms with Gasteiger partial charge in [-0.25, -0.2) is 8.78 Å². The highest BCUT2D eigenvalue weighted by Gasteiger charge is 2.69. The van der Waals surface area contributed by atoms with E-state index in [4.69, 9.17) is 0 Å². The van der Waals surface area contributed by atoms with Crippen LogP contribution in [-0.4, -0.2) is 38.2 Å². The van der Waals surface area contributed by atoms with Crippen LogP contribution >= 0.6 is 0 Å². The number of aromatic nitrogens is 1. The number of benzene rings is 1. The summed E-state index contributed by atoms with van der Waals surface area (Å²) >= 11 is 0. The van der Waals surface area contributed by atoms with Crippen molar-refractivity contribution in [2.75, 3.05) is 0 Å². The monoisotopic (exact) mass is 469 g/mol. The van der Waals surface area contributed by atoms with Crippen LogP contribution in [0.2, 0.25) is 0 Å². The van der Waals surface area contributed by atoms with E-state index in [0.29, 0.717) is 32.1 Å². The van der Waals surface area contributed by atoms with Crippen LogP contribution in [0, 0.1) is 17.3 Å². The van der Waals surface area contributed by atoms with Gasteiger partial charge < -0.3 is 15.2 Å². The lowest BCUT2D eigenvalue weighted by atomic mass is 9.52. The van der Waals surface area contributed by atoms with Gasteiger partial charge in [0.25, 0.3) is 0 Å². The van der Waals surface area contributed by atoms with Gasteiger partial charge in [0.05, 0.1) is 6.10 Å². The highest BCUT2D eigenvalue weighted by Crippen LogP contribution is 2.67. The molecule has 34 heavy (non-hydrogen) atoms. The Bertz CT molecular complexity index is 1240. The van der Waals surface area contributed by atoms with Gasteiger partial charge in [-0.3, -0.25) is 4.79 Å². The summed E-state index contributed by atoms with van der Waals surface area (Å²) in [5.74, 6) is -0.630. The third-order valence-corrected chi connectivity index (χ3v) is 9.99. The number of aliphatic hydroxyl groups excluding tert-OH is 1. The molecule has 3 fully saturated rings. The number of pyridine rings is 1. The Hall–Kier alpha value is -2.05. The zero-order valence-electron chi connectivity index (χ0n) is 19.6. The second-order valence-electron chi connectivity index (χ2n) is 11.7. The molecule has 182 valence electrons. The van der Waals surface area contributed by atoms with Gasteiger partial charge in [0.2, 0.25) is 5.56 Å². The summed E-state index contributed by atoms with van der Waals surface area (Å²) in [4.78, 5) is 14.4. The van der Waals surface area contributed by atoms with Crippen LogP contribution in [0.4, 0.5) is 8.78 Å². The van der Waals surface area contributed by atoms with Crippen LogP contribution < -0.4 is 5.56 Å². The van der Waals surface area contributed by atoms with E-state index in [0.717, 1.165) is 21.9 Å². The van der Waals surface area contributed by atoms with Crippen LogP contribution in [-0.2, 0) is 0 Å². The molecule has 4 aliphatic carbocycles. The first-order chi connectivity index (χ1) is 16.1. The number of allylic oxidation sites excluding steroid dienone is 2. The van der Waals surface area contributed by atoms with Crippen LogP contribution in [0.15, 0.2) is 41.3 Å². The Labute approximate surface area is 198 Å². The van der Waals surface area contributed by atoms with E-state index in [-0.39, 0.29) is 43.1 Å². The lowest BCUT2D eigenvalue weighted by molar-refractivity contribution is -0.201. The molecule has 1 aromatic carbocycles. The maximum atomic E-state index is 16.8. The van der Waals surface area contributed by atoms with Crippen molar-refractivity contribution in [1.82, 2.24) is 4.98 Å². The summed E-state index contributed by atoms with van der Waals surface area (Å²) in [5, 5.41) is 24.0. The second kappa shape index (κ2) is 7.23. The number of hydrogen-bond acceptors (Lipinski definition) is 3. The normalized spacial score (nSPS) is 44.0. The first-order valence-corrected chi connectivity index (χ1v) is 12.7. The molecule has 3 N–H and O–H groups in total. The van der Waals surface area contributed by atoms with E-state index >= 15 is 8.78 Å². The van der Waals surface area contributed by atoms with Crippen molar-refractivity contribution in [3.8, 4) is 0 Å². The summed E-state index contributed by atoms with van der Waals surface area (Å²) in [5.41, 5.74) is -3.78. The number of rotatable bonds is 1. The third-order valence-electron chi connectivity index (χ3n) is 9.99. The first-order valence-electron chi connectivity index (χ1n) is 12.7. The second-order valence-corrected chi connectivity index (χ2v) is 11.7. The third kappa shape index (κ3) is 3.03. The summed E-state index contributed by atoms with van der Waals surface area (Å²) in [6, 6.07) is 7.55. The molecule has 4 nitrogen and oxygen atoms in total. The number of halogens is 2. The molecule has 0 bridgehead atoms. The Morgan fingerprint density at radius 2 is 1.88 bits per heavy atom. The molecule has 3 saturated carbocycles. The molecule has 1 aromatic heterocycles. The van der Waals surface area contributed by atoms with Gasteiger partial charge >= 0.3 is 0 Å². The number of aliphatic hydroxyl groups is 2. The molecule has 0 amide bonds. The molecule has 6 rings (SSSR count). The van der Waals surface area contributed by atoms with E-state index in [1.807, 2.05) is 18.2 Å². The molecular weight excluding hydrogens is 436 g/mol. The minimum absolute atomic E-state index is 0.0238. The van der Waals surface area contributed by atoms with Gasteiger partial charge in [-0.05, 0) is 84.3 Å². The summed E-state index contributed by atoms with van der Waals surface area (Å²) in [6.45, 7) is 2.12. The van der Waals surface area contributed by atoms with Crippen molar-refractivity contribution >= 4 is 16.3 Å². The van der Waals surface area contributed by atoms with E-state index < -0.39 is 28.5 Å². The summed E-state index contributed by atoms with van der Waals surface area (Å²) in [7, 11) is 0. The fourth-order valence-corrected chi connectivity index (χ4v) is 8.14. The number of nitrogens with one attached hydrogen (secondary N) is 1. The standard InChI is InChI=1S/C28H33F2NO3/c1-25-10-11-27(30)16-26(29)14-21(32)5-4-20(26)8-9-28(27,34)23(25)7-6-22(25)18-3-2-17-13-24(33)31-15-19(17)12-18/h2-3,6,12-13,15,20-21,23,32,34H,4-5,7-11,14,16H2,1H3,(H,31,33)/t20?,21?,23?,25?,26?,27?,28-/m0/s1. The molecule has 6 heteroatoms. The van der Waals surface area contributed by atoms with Gasteiger partial charge in [-0.2, -0.15) is 0 Å². The SMILES string of the molecule is CC12CCC3(F)CC4(F)CC(O)CCC4CC[C@]3(O)C1CC=C2c1ccc2cc(=O)[nH]cc2c1. The summed E-state index contributed by atoms with van der Waals surface area (Å²) in [6.07, 6.45) is 5.80. The van der Waals surface area contributed by atoms with Crippen LogP contribution in [0.3, 0.4) is 0 Å². The molecule has 0 radical (unpaired) electrons. The molecule has 0 aliphatic heterocycles. The lowest BCUT2D eigenvalue weighted by Crippen LogP contribution is -2.63. The average molecular weight is 470 g/mol. The predicted molar refractivity (Wildman–Crippen MR) is 128 cm³/mol. The molecule has 0 spiro atoms. The van der Waals surface area contributed by atoms with Crippen molar-refractivity contribution in [3.63, 3.8) is 0 Å². The predicted octanol–water partition coefficient (Wildman–Crippen LogP) is 5.22. The zero-order valence-corrected chi connectivity index (χ0v) is 19.6. The van der Waals surface area contributed by atoms with E-state index in [1.54, 1.807) is 12.3 Å². The van der Waals surface area contributed by atoms with Gasteiger partial charge in [-0.1, -0.05) is 25.1 Å². The van der Waals surface area contributed by atoms with Gasteiger partial charge in [0, 0.05) is 31.0 Å². The van der Waals surface area contributed by atoms with E-state index in [1.165, 1.54) is 0 Å². The molecule has 4 aliphatic rings. The van der Waals surface area contributed by atoms with Crippen molar-refractivity contribution < 1.29 is 19.0 Å². The van der Waals surface area contributed by atoms with E-state index in [9.17, 15) is 15.0 Å². The van der Waals surface area contributed by atoms with Gasteiger partial charge in [-0.15, -0.1) is 0 Å². The number of fused-ring (bicyclic) bond motifs is 5. The van der Waals surface area contributed by atoms with Crippen molar-refractivity contribution in [3.05, 3.63) is 52.5 Å². The van der Waals surface area contributed by atoms with Gasteiger partial charge in [0.15, 0.2) is 0 Å². The largest absolute Gasteiger partial charge is 0.393 e. The molecule has 7 atom stereocenters. The van der Waals surface area contributed by atoms with Crippen molar-refractivity contribution in [1.29, 1.82) is 0 Å². The molecule has 6 unspecified atom stereocenters. The van der Waals surface area contributed by atoms with Crippen LogP contribution in [0.25, 0.3) is 16.3 Å². The fraction of sp³-hybridized carbons (Fsp3) is 0.607. The number of hydrogen-bond donors (Lipinski definition) is 3. The minimum atomic E-state index is -2.00. The number of aromatic amines is 1. The Morgan fingerprint density at radius 3 is 2.71 bits per heavy atom. The zero-order chi connectivity index (χ0) is 23.9. The van der Waals surface area contributed by atoms with Gasteiger partial charge in [0.1, 0.15) is 16.9 Å². The number of alkyl halides is 2. The maximum Gasteiger partial charge on any atom is 0.248 e. The molecule has 1 heterocycles. The fourth-order valence-electron chi connectivity index (χ4n) is 8.14. The van der Waals surface area contributed by atoms with E-state index in [2.05, 4.69) is 18.0 Å². The Balaban J connectivity index is 1.36. The Kier molecular flexibility index (Phi) is 4.77. The minimum Gasteiger partial charge on any atom is -0.393 e. The summed E-state index contributed by atoms with van der Waals surface area (Å²) < 4.78 is 32.9. The van der Waals surface area contributed by atoms with Crippen LogP contribution in [0.5, 0.6) is 0 Å². The maximum absolute atomic E-state index is 16.8. The highest BCUT2D eigenvalue weighted by atomic mass is 19.2. The molecule has 0 saturated heterocycles. The average Bonchev–Trinajstić information content (AvgIpc) is 3.10. The smallest absolute Gasteiger partial charge is 0.248 e. The first kappa shape index (κ1) is 22.4. The lowest BCUT2D eigenvalue weighted by Gasteiger charge is -2.56. The molecule has 2 aromatic rings. The highest BCUT2D eigenvalue weighted by molar-refractivity contribution is 5.87. The van der Waals surface area contributed by atoms with Crippen molar-refractivity contribution in [2.24, 2.45) is 17.3 Å². The quantitative estimate of drug-likeness (QED) is 0.536. The van der Waals surface area contributed by atoms with Crippen molar-refractivity contribution in [2.45, 2.75) is 87.8 Å². The van der Waals surface area contributed by atoms with Crippen LogP contribution in [0.1, 0.15) is 70.3 Å². The molecular formula is C28H33F2NO3. The number of H-pyrrole nitrogens is 1. The topological polar surface area (TPSA) is 73.3 Å². The Morgan fingerprint density at radius 1 is 1.06 bits per heavy atom.